The molecule has 5 heteroatoms. The van der Waals surface area contributed by atoms with E-state index in [0.29, 0.717) is 16.5 Å². The summed E-state index contributed by atoms with van der Waals surface area (Å²) in [4.78, 5) is 0. The van der Waals surface area contributed by atoms with Crippen molar-refractivity contribution in [2.75, 3.05) is 11.8 Å². The van der Waals surface area contributed by atoms with Gasteiger partial charge in [-0.15, -0.1) is 0 Å². The van der Waals surface area contributed by atoms with Crippen molar-refractivity contribution >= 4 is 24.8 Å². The van der Waals surface area contributed by atoms with Gasteiger partial charge in [0.1, 0.15) is 5.75 Å². The van der Waals surface area contributed by atoms with E-state index >= 15 is 0 Å². The van der Waals surface area contributed by atoms with Crippen LogP contribution in [0.1, 0.15) is 0 Å². The molecule has 2 aromatic carbocycles. The second-order valence-corrected chi connectivity index (χ2v) is 6.40. The van der Waals surface area contributed by atoms with E-state index in [9.17, 15) is 4.57 Å². The maximum atomic E-state index is 12.3. The average molecular weight is 282 g/mol. The van der Waals surface area contributed by atoms with Crippen LogP contribution in [0, 0.1) is 0 Å². The van der Waals surface area contributed by atoms with Crippen LogP contribution in [0.5, 0.6) is 5.75 Å². The largest absolute Gasteiger partial charge is 0.429 e. The molecule has 94 valence electrons. The summed E-state index contributed by atoms with van der Waals surface area (Å²) in [5.41, 5.74) is 0.709. The van der Waals surface area contributed by atoms with E-state index in [1.54, 1.807) is 36.4 Å². The quantitative estimate of drug-likeness (QED) is 0.829. The molecule has 2 aromatic rings. The highest BCUT2D eigenvalue weighted by molar-refractivity contribution is 7.60. The molecule has 1 N–H and O–H groups in total. The Balaban J connectivity index is 2.08. The number of para-hydroxylation sites is 1. The lowest BCUT2D eigenvalue weighted by Gasteiger charge is -2.17. The molecule has 0 radical (unpaired) electrons. The Kier molecular flexibility index (Phi) is 3.95. The fourth-order valence-corrected chi connectivity index (χ4v) is 2.78. The van der Waals surface area contributed by atoms with Crippen LogP contribution in [-0.4, -0.2) is 6.66 Å². The van der Waals surface area contributed by atoms with Crippen molar-refractivity contribution in [2.45, 2.75) is 0 Å². The molecule has 3 nitrogen and oxygen atoms in total. The molecule has 0 aromatic heterocycles. The lowest BCUT2D eigenvalue weighted by atomic mass is 10.3. The summed E-state index contributed by atoms with van der Waals surface area (Å²) < 4.78 is 17.7. The van der Waals surface area contributed by atoms with Crippen LogP contribution in [0.15, 0.2) is 54.6 Å². The molecule has 0 aliphatic rings. The number of benzene rings is 2. The minimum Gasteiger partial charge on any atom is -0.429 e. The number of rotatable bonds is 4. The number of anilines is 1. The third-order valence-electron chi connectivity index (χ3n) is 2.20. The van der Waals surface area contributed by atoms with Crippen molar-refractivity contribution in [3.63, 3.8) is 0 Å². The van der Waals surface area contributed by atoms with E-state index in [-0.39, 0.29) is 0 Å². The lowest BCUT2D eigenvalue weighted by molar-refractivity contribution is 0.493. The molecule has 0 bridgehead atoms. The predicted molar refractivity (Wildman–Crippen MR) is 75.7 cm³/mol. The fourth-order valence-electron chi connectivity index (χ4n) is 1.46. The van der Waals surface area contributed by atoms with Crippen molar-refractivity contribution in [3.05, 3.63) is 59.6 Å². The Morgan fingerprint density at radius 1 is 1.06 bits per heavy atom. The van der Waals surface area contributed by atoms with Gasteiger partial charge >= 0.3 is 7.52 Å². The highest BCUT2D eigenvalue weighted by Crippen LogP contribution is 2.43. The second kappa shape index (κ2) is 5.47. The van der Waals surface area contributed by atoms with Crippen molar-refractivity contribution in [2.24, 2.45) is 0 Å². The summed E-state index contributed by atoms with van der Waals surface area (Å²) in [5, 5.41) is 3.50. The highest BCUT2D eigenvalue weighted by Gasteiger charge is 2.16. The van der Waals surface area contributed by atoms with E-state index in [1.165, 1.54) is 6.66 Å². The fraction of sp³-hybridized carbons (Fsp3) is 0.0769. The van der Waals surface area contributed by atoms with Crippen LogP contribution in [0.4, 0.5) is 5.69 Å². The Morgan fingerprint density at radius 2 is 1.67 bits per heavy atom. The molecule has 0 spiro atoms. The molecule has 1 atom stereocenters. The van der Waals surface area contributed by atoms with Crippen LogP contribution in [0.3, 0.4) is 0 Å². The average Bonchev–Trinajstić information content (AvgIpc) is 2.32. The van der Waals surface area contributed by atoms with Crippen LogP contribution in [0.25, 0.3) is 0 Å². The highest BCUT2D eigenvalue weighted by atomic mass is 35.5. The summed E-state index contributed by atoms with van der Waals surface area (Å²) in [6.45, 7) is 1.54. The smallest absolute Gasteiger partial charge is 0.338 e. The molecular formula is C13H13ClNO2P. The van der Waals surface area contributed by atoms with Gasteiger partial charge in [0.05, 0.1) is 0 Å². The zero-order valence-electron chi connectivity index (χ0n) is 9.84. The summed E-state index contributed by atoms with van der Waals surface area (Å²) in [6.07, 6.45) is 0. The summed E-state index contributed by atoms with van der Waals surface area (Å²) >= 11 is 5.78. The normalized spacial score (nSPS) is 13.7. The van der Waals surface area contributed by atoms with E-state index < -0.39 is 7.52 Å². The van der Waals surface area contributed by atoms with Gasteiger partial charge in [-0.1, -0.05) is 29.8 Å². The first-order valence-electron chi connectivity index (χ1n) is 5.41. The molecule has 0 fully saturated rings. The van der Waals surface area contributed by atoms with Gasteiger partial charge in [-0.05, 0) is 36.4 Å². The first kappa shape index (κ1) is 13.0. The SMILES string of the molecule is C[P@@](=O)(Nc1ccc(Cl)cc1)Oc1ccccc1. The van der Waals surface area contributed by atoms with Gasteiger partial charge < -0.3 is 9.61 Å². The summed E-state index contributed by atoms with van der Waals surface area (Å²) in [5.74, 6) is 0.574. The van der Waals surface area contributed by atoms with Gasteiger partial charge in [-0.25, -0.2) is 0 Å². The summed E-state index contributed by atoms with van der Waals surface area (Å²) in [7, 11) is -2.94. The molecule has 2 rings (SSSR count). The number of nitrogens with one attached hydrogen (secondary N) is 1. The molecule has 0 saturated carbocycles. The van der Waals surface area contributed by atoms with Crippen molar-refractivity contribution in [3.8, 4) is 5.75 Å². The van der Waals surface area contributed by atoms with Crippen LogP contribution < -0.4 is 9.61 Å². The molecular weight excluding hydrogens is 269 g/mol. The molecule has 18 heavy (non-hydrogen) atoms. The maximum absolute atomic E-state index is 12.3. The number of hydrogen-bond acceptors (Lipinski definition) is 2. The van der Waals surface area contributed by atoms with Gasteiger partial charge in [-0.3, -0.25) is 4.57 Å². The zero-order chi connectivity index (χ0) is 13.0. The molecule has 0 saturated heterocycles. The third-order valence-corrected chi connectivity index (χ3v) is 3.67. The van der Waals surface area contributed by atoms with E-state index in [4.69, 9.17) is 16.1 Å². The van der Waals surface area contributed by atoms with E-state index in [0.717, 1.165) is 0 Å². The molecule has 0 unspecified atom stereocenters. The van der Waals surface area contributed by atoms with Crippen molar-refractivity contribution < 1.29 is 9.09 Å². The first-order valence-corrected chi connectivity index (χ1v) is 7.86. The van der Waals surface area contributed by atoms with Crippen molar-refractivity contribution in [1.82, 2.24) is 0 Å². The zero-order valence-corrected chi connectivity index (χ0v) is 11.5. The number of halogens is 1. The first-order chi connectivity index (χ1) is 8.55. The van der Waals surface area contributed by atoms with Gasteiger partial charge in [0.15, 0.2) is 0 Å². The monoisotopic (exact) mass is 281 g/mol. The molecule has 0 aliphatic carbocycles. The third kappa shape index (κ3) is 3.80. The Labute approximate surface area is 111 Å². The van der Waals surface area contributed by atoms with Gasteiger partial charge in [0, 0.05) is 17.4 Å². The lowest BCUT2D eigenvalue weighted by Crippen LogP contribution is -2.01. The van der Waals surface area contributed by atoms with Crippen LogP contribution >= 0.6 is 19.1 Å². The Bertz CT molecular complexity index is 557. The standard InChI is InChI=1S/C13H13ClNO2P/c1-18(16,17-13-5-3-2-4-6-13)15-12-9-7-11(14)8-10-12/h2-10H,1H3,(H,15,16)/t18-/m0/s1. The minimum atomic E-state index is -2.94. The molecule has 0 amide bonds. The predicted octanol–water partition coefficient (Wildman–Crippen LogP) is 4.65. The summed E-state index contributed by atoms with van der Waals surface area (Å²) in [6, 6.07) is 16.0. The maximum Gasteiger partial charge on any atom is 0.338 e. The van der Waals surface area contributed by atoms with Gasteiger partial charge in [0.25, 0.3) is 0 Å². The van der Waals surface area contributed by atoms with E-state index in [1.807, 2.05) is 18.2 Å². The molecule has 0 aliphatic heterocycles. The Hall–Kier alpha value is -1.44. The topological polar surface area (TPSA) is 38.3 Å². The van der Waals surface area contributed by atoms with Crippen LogP contribution in [-0.2, 0) is 4.57 Å². The Morgan fingerprint density at radius 3 is 2.28 bits per heavy atom. The second-order valence-electron chi connectivity index (χ2n) is 3.87. The number of hydrogen-bond donors (Lipinski definition) is 1. The van der Waals surface area contributed by atoms with Crippen molar-refractivity contribution in [1.29, 1.82) is 0 Å². The minimum absolute atomic E-state index is 0.574. The van der Waals surface area contributed by atoms with E-state index in [2.05, 4.69) is 5.09 Å². The van der Waals surface area contributed by atoms with Gasteiger partial charge in [-0.2, -0.15) is 0 Å². The molecule has 0 heterocycles. The van der Waals surface area contributed by atoms with Crippen LogP contribution in [0.2, 0.25) is 5.02 Å². The van der Waals surface area contributed by atoms with Gasteiger partial charge in [0.2, 0.25) is 0 Å².